The number of hydrogen-bond donors (Lipinski definition) is 0. The fourth-order valence-electron chi connectivity index (χ4n) is 0.939. The lowest BCUT2D eigenvalue weighted by Crippen LogP contribution is -2.09. The number of hydrogen-bond acceptors (Lipinski definition) is 2. The van der Waals surface area contributed by atoms with Gasteiger partial charge in [-0.25, -0.2) is 0 Å². The Bertz CT molecular complexity index is 72.9. The van der Waals surface area contributed by atoms with Crippen molar-refractivity contribution in [1.82, 2.24) is 0 Å². The van der Waals surface area contributed by atoms with Crippen LogP contribution in [0, 0.1) is 0 Å². The quantitative estimate of drug-likeness (QED) is 0.511. The van der Waals surface area contributed by atoms with Crippen molar-refractivity contribution in [1.29, 1.82) is 0 Å². The second kappa shape index (κ2) is 2.46. The summed E-state index contributed by atoms with van der Waals surface area (Å²) in [4.78, 5) is 0. The van der Waals surface area contributed by atoms with E-state index in [9.17, 15) is 0 Å². The standard InChI is InChI=1S/C6H12O2/c1-5-3-4-6(7-2)8-5/h5-6H,3-4H2,1-2H3/t5-,6-/m0/s1. The van der Waals surface area contributed by atoms with Gasteiger partial charge in [0.25, 0.3) is 0 Å². The van der Waals surface area contributed by atoms with E-state index in [-0.39, 0.29) is 6.29 Å². The SMILES string of the molecule is CO[C@@H]1CC[C@H](C)O1. The molecule has 0 bridgehead atoms. The minimum atomic E-state index is 0.0741. The molecule has 48 valence electrons. The van der Waals surface area contributed by atoms with E-state index in [0.717, 1.165) is 12.8 Å². The second-order valence-electron chi connectivity index (χ2n) is 2.19. The Kier molecular flexibility index (Phi) is 1.86. The first-order valence-corrected chi connectivity index (χ1v) is 3.01. The van der Waals surface area contributed by atoms with Crippen molar-refractivity contribution in [3.8, 4) is 0 Å². The van der Waals surface area contributed by atoms with E-state index in [0.29, 0.717) is 6.10 Å². The molecule has 2 atom stereocenters. The fraction of sp³-hybridized carbons (Fsp3) is 1.00. The van der Waals surface area contributed by atoms with Crippen molar-refractivity contribution in [2.75, 3.05) is 7.11 Å². The highest BCUT2D eigenvalue weighted by Gasteiger charge is 2.20. The molecule has 1 aliphatic heterocycles. The molecule has 0 aromatic carbocycles. The Labute approximate surface area is 49.8 Å². The van der Waals surface area contributed by atoms with Crippen LogP contribution in [-0.2, 0) is 9.47 Å². The molecule has 0 unspecified atom stereocenters. The van der Waals surface area contributed by atoms with Crippen molar-refractivity contribution in [2.45, 2.75) is 32.2 Å². The van der Waals surface area contributed by atoms with Crippen LogP contribution >= 0.6 is 0 Å². The molecule has 1 fully saturated rings. The van der Waals surface area contributed by atoms with Gasteiger partial charge < -0.3 is 9.47 Å². The first-order chi connectivity index (χ1) is 3.83. The molecule has 0 aromatic rings. The van der Waals surface area contributed by atoms with Crippen molar-refractivity contribution in [3.05, 3.63) is 0 Å². The molecule has 1 aliphatic rings. The highest BCUT2D eigenvalue weighted by atomic mass is 16.7. The smallest absolute Gasteiger partial charge is 0.157 e. The van der Waals surface area contributed by atoms with Gasteiger partial charge in [0.05, 0.1) is 6.10 Å². The van der Waals surface area contributed by atoms with Gasteiger partial charge in [0.2, 0.25) is 0 Å². The molecule has 0 spiro atoms. The Hall–Kier alpha value is -0.0800. The van der Waals surface area contributed by atoms with Crippen molar-refractivity contribution in [3.63, 3.8) is 0 Å². The summed E-state index contributed by atoms with van der Waals surface area (Å²) in [5.74, 6) is 0. The summed E-state index contributed by atoms with van der Waals surface area (Å²) >= 11 is 0. The normalized spacial score (nSPS) is 38.2. The summed E-state index contributed by atoms with van der Waals surface area (Å²) in [6.45, 7) is 2.07. The molecule has 0 aliphatic carbocycles. The largest absolute Gasteiger partial charge is 0.356 e. The van der Waals surface area contributed by atoms with Crippen LogP contribution in [-0.4, -0.2) is 19.5 Å². The number of rotatable bonds is 1. The van der Waals surface area contributed by atoms with Gasteiger partial charge in [-0.15, -0.1) is 0 Å². The Balaban J connectivity index is 2.22. The molecule has 1 saturated heterocycles. The third-order valence-electron chi connectivity index (χ3n) is 1.46. The summed E-state index contributed by atoms with van der Waals surface area (Å²) in [6, 6.07) is 0. The number of methoxy groups -OCH3 is 1. The van der Waals surface area contributed by atoms with Gasteiger partial charge in [0.1, 0.15) is 0 Å². The molecule has 0 N–H and O–H groups in total. The predicted molar refractivity (Wildman–Crippen MR) is 30.6 cm³/mol. The first-order valence-electron chi connectivity index (χ1n) is 3.01. The summed E-state index contributed by atoms with van der Waals surface area (Å²) in [6.07, 6.45) is 2.67. The van der Waals surface area contributed by atoms with Crippen molar-refractivity contribution < 1.29 is 9.47 Å². The maximum absolute atomic E-state index is 5.29. The van der Waals surface area contributed by atoms with Crippen LogP contribution in [0.3, 0.4) is 0 Å². The zero-order valence-corrected chi connectivity index (χ0v) is 5.39. The maximum Gasteiger partial charge on any atom is 0.157 e. The molecule has 0 amide bonds. The average Bonchev–Trinajstić information content (AvgIpc) is 2.14. The molecule has 1 rings (SSSR count). The van der Waals surface area contributed by atoms with Crippen LogP contribution in [0.5, 0.6) is 0 Å². The Morgan fingerprint density at radius 1 is 1.50 bits per heavy atom. The molecular weight excluding hydrogens is 104 g/mol. The minimum absolute atomic E-state index is 0.0741. The average molecular weight is 116 g/mol. The molecular formula is C6H12O2. The van der Waals surface area contributed by atoms with Crippen LogP contribution in [0.4, 0.5) is 0 Å². The van der Waals surface area contributed by atoms with E-state index in [2.05, 4.69) is 6.92 Å². The van der Waals surface area contributed by atoms with E-state index >= 15 is 0 Å². The molecule has 2 nitrogen and oxygen atoms in total. The van der Waals surface area contributed by atoms with Gasteiger partial charge >= 0.3 is 0 Å². The van der Waals surface area contributed by atoms with Gasteiger partial charge in [0.15, 0.2) is 6.29 Å². The number of ether oxygens (including phenoxy) is 2. The third kappa shape index (κ3) is 1.20. The molecule has 2 heteroatoms. The van der Waals surface area contributed by atoms with E-state index in [1.54, 1.807) is 7.11 Å². The van der Waals surface area contributed by atoms with Gasteiger partial charge in [-0.3, -0.25) is 0 Å². The molecule has 0 radical (unpaired) electrons. The lowest BCUT2D eigenvalue weighted by Gasteiger charge is -2.06. The summed E-state index contributed by atoms with van der Waals surface area (Å²) < 4.78 is 10.2. The molecule has 8 heavy (non-hydrogen) atoms. The fourth-order valence-corrected chi connectivity index (χ4v) is 0.939. The maximum atomic E-state index is 5.29. The predicted octanol–water partition coefficient (Wildman–Crippen LogP) is 1.16. The van der Waals surface area contributed by atoms with Crippen LogP contribution < -0.4 is 0 Å². The lowest BCUT2D eigenvalue weighted by molar-refractivity contribution is -0.110. The van der Waals surface area contributed by atoms with E-state index < -0.39 is 0 Å². The zero-order valence-electron chi connectivity index (χ0n) is 5.39. The topological polar surface area (TPSA) is 18.5 Å². The Morgan fingerprint density at radius 2 is 2.25 bits per heavy atom. The van der Waals surface area contributed by atoms with E-state index in [4.69, 9.17) is 9.47 Å². The van der Waals surface area contributed by atoms with Gasteiger partial charge in [0, 0.05) is 13.5 Å². The highest BCUT2D eigenvalue weighted by Crippen LogP contribution is 2.18. The molecule has 0 saturated carbocycles. The van der Waals surface area contributed by atoms with Crippen molar-refractivity contribution in [2.24, 2.45) is 0 Å². The third-order valence-corrected chi connectivity index (χ3v) is 1.46. The van der Waals surface area contributed by atoms with E-state index in [1.807, 2.05) is 0 Å². The summed E-state index contributed by atoms with van der Waals surface area (Å²) in [5.41, 5.74) is 0. The van der Waals surface area contributed by atoms with Gasteiger partial charge in [-0.05, 0) is 13.3 Å². The van der Waals surface area contributed by atoms with Crippen LogP contribution in [0.15, 0.2) is 0 Å². The second-order valence-corrected chi connectivity index (χ2v) is 2.19. The van der Waals surface area contributed by atoms with Crippen LogP contribution in [0.2, 0.25) is 0 Å². The monoisotopic (exact) mass is 116 g/mol. The molecule has 1 heterocycles. The summed E-state index contributed by atoms with van der Waals surface area (Å²) in [5, 5.41) is 0. The van der Waals surface area contributed by atoms with Crippen LogP contribution in [0.25, 0.3) is 0 Å². The molecule has 0 aromatic heterocycles. The Morgan fingerprint density at radius 3 is 2.50 bits per heavy atom. The minimum Gasteiger partial charge on any atom is -0.356 e. The van der Waals surface area contributed by atoms with Crippen molar-refractivity contribution >= 4 is 0 Å². The van der Waals surface area contributed by atoms with Gasteiger partial charge in [-0.2, -0.15) is 0 Å². The summed E-state index contributed by atoms with van der Waals surface area (Å²) in [7, 11) is 1.68. The van der Waals surface area contributed by atoms with Gasteiger partial charge in [-0.1, -0.05) is 0 Å². The van der Waals surface area contributed by atoms with Crippen LogP contribution in [0.1, 0.15) is 19.8 Å². The zero-order chi connectivity index (χ0) is 5.98. The first kappa shape index (κ1) is 6.05. The van der Waals surface area contributed by atoms with E-state index in [1.165, 1.54) is 0 Å². The lowest BCUT2D eigenvalue weighted by atomic mass is 10.3. The highest BCUT2D eigenvalue weighted by molar-refractivity contribution is 4.61.